The zero-order valence-corrected chi connectivity index (χ0v) is 30.5. The Hall–Kier alpha value is -3.47. The van der Waals surface area contributed by atoms with E-state index in [2.05, 4.69) is 75.4 Å². The molecule has 0 aliphatic carbocycles. The Bertz CT molecular complexity index is 1920. The lowest BCUT2D eigenvalue weighted by Crippen LogP contribution is -2.08. The van der Waals surface area contributed by atoms with Crippen molar-refractivity contribution in [1.82, 2.24) is 29.5 Å². The largest absolute Gasteiger partial charge is 0.477 e. The molecule has 0 saturated carbocycles. The minimum atomic E-state index is -4.44. The van der Waals surface area contributed by atoms with E-state index in [1.54, 1.807) is 42.6 Å². The number of aromatic carboxylic acids is 1. The normalized spacial score (nSPS) is 11.3. The fraction of sp³-hybridized carbons (Fsp3) is 0.241. The second-order valence-electron chi connectivity index (χ2n) is 9.53. The van der Waals surface area contributed by atoms with E-state index in [1.165, 1.54) is 13.2 Å². The maximum atomic E-state index is 12.9. The van der Waals surface area contributed by atoms with Crippen LogP contribution in [0.1, 0.15) is 34.1 Å². The topological polar surface area (TPSA) is 145 Å². The van der Waals surface area contributed by atoms with Crippen molar-refractivity contribution in [3.05, 3.63) is 78.6 Å². The molecule has 5 rings (SSSR count). The van der Waals surface area contributed by atoms with Gasteiger partial charge in [-0.25, -0.2) is 24.7 Å². The average molecular weight is 918 g/mol. The van der Waals surface area contributed by atoms with Gasteiger partial charge in [0.15, 0.2) is 17.2 Å². The maximum absolute atomic E-state index is 12.9. The van der Waals surface area contributed by atoms with Gasteiger partial charge in [0.05, 0.1) is 16.8 Å². The summed E-state index contributed by atoms with van der Waals surface area (Å²) in [6.45, 7) is 3.76. The van der Waals surface area contributed by atoms with Crippen LogP contribution in [-0.4, -0.2) is 53.4 Å². The van der Waals surface area contributed by atoms with Gasteiger partial charge < -0.3 is 20.7 Å². The van der Waals surface area contributed by atoms with Crippen LogP contribution >= 0.6 is 56.9 Å². The number of fused-ring (bicyclic) bond motifs is 1. The summed E-state index contributed by atoms with van der Waals surface area (Å²) in [6, 6.07) is 5.64. The first kappa shape index (κ1) is 39.0. The van der Waals surface area contributed by atoms with Gasteiger partial charge in [-0.05, 0) is 87.7 Å². The van der Waals surface area contributed by atoms with Crippen LogP contribution in [-0.2, 0) is 19.4 Å². The first-order valence-corrected chi connectivity index (χ1v) is 16.6. The number of hydrogen-bond donors (Lipinski definition) is 3. The molecule has 0 bridgehead atoms. The van der Waals surface area contributed by atoms with Crippen LogP contribution in [0.25, 0.3) is 22.7 Å². The van der Waals surface area contributed by atoms with Gasteiger partial charge in [0.25, 0.3) is 0 Å². The number of carboxylic acid groups (broad SMARTS) is 1. The standard InChI is InChI=1S/C15H12F3IN4S.C7H8F3N3.C7H6INO2/c1-3-24-11-5-9(19)7-20-12(11)14-22-10-4-8(15(16,17)18)6-21-13(10)23(14)2;1-12-6-5(11)2-4(3-13-6)7(8,9)10;1-4-2-5(8)3-9-6(4)7(10)11/h4-7H,3H2,1-2H3;2-3H,11H2,1H3,(H,12,13);2-3H,1H3,(H,10,11). The number of anilines is 2. The summed E-state index contributed by atoms with van der Waals surface area (Å²) in [5, 5.41) is 11.2. The van der Waals surface area contributed by atoms with E-state index >= 15 is 0 Å². The van der Waals surface area contributed by atoms with Crippen LogP contribution in [0, 0.1) is 14.1 Å². The van der Waals surface area contributed by atoms with Crippen LogP contribution in [0.15, 0.2) is 53.9 Å². The highest BCUT2D eigenvalue weighted by atomic mass is 127. The van der Waals surface area contributed by atoms with Gasteiger partial charge in [0, 0.05) is 50.9 Å². The monoisotopic (exact) mass is 918 g/mol. The number of nitrogen functional groups attached to an aromatic ring is 1. The number of imidazole rings is 1. The molecule has 0 radical (unpaired) electrons. The molecule has 256 valence electrons. The molecular formula is C29H26F6I2N8O2S. The smallest absolute Gasteiger partial charge is 0.417 e. The number of hydrogen-bond acceptors (Lipinski definition) is 9. The van der Waals surface area contributed by atoms with Crippen LogP contribution in [0.2, 0.25) is 0 Å². The lowest BCUT2D eigenvalue weighted by atomic mass is 10.2. The summed E-state index contributed by atoms with van der Waals surface area (Å²) in [4.78, 5) is 31.4. The molecule has 0 aliphatic rings. The molecule has 48 heavy (non-hydrogen) atoms. The minimum absolute atomic E-state index is 0.0164. The molecule has 10 nitrogen and oxygen atoms in total. The number of carboxylic acids is 1. The van der Waals surface area contributed by atoms with E-state index in [1.807, 2.05) is 13.0 Å². The SMILES string of the molecule is CCSc1cc(I)cnc1-c1nc2cc(C(F)(F)F)cnc2n1C.CNc1ncc(C(F)(F)F)cc1N.Cc1cc(I)cnc1C(=O)O. The number of aromatic nitrogens is 6. The van der Waals surface area contributed by atoms with Gasteiger partial charge in [0.2, 0.25) is 0 Å². The lowest BCUT2D eigenvalue weighted by Gasteiger charge is -2.08. The van der Waals surface area contributed by atoms with Crippen LogP contribution in [0.5, 0.6) is 0 Å². The molecule has 5 heterocycles. The third kappa shape index (κ3) is 10.0. The van der Waals surface area contributed by atoms with Gasteiger partial charge >= 0.3 is 18.3 Å². The van der Waals surface area contributed by atoms with E-state index in [0.29, 0.717) is 22.7 Å². The number of nitrogens with zero attached hydrogens (tertiary/aromatic N) is 6. The molecule has 0 aromatic carbocycles. The second kappa shape index (κ2) is 16.3. The van der Waals surface area contributed by atoms with Crippen LogP contribution in [0.4, 0.5) is 37.8 Å². The predicted molar refractivity (Wildman–Crippen MR) is 188 cm³/mol. The molecule has 19 heteroatoms. The summed E-state index contributed by atoms with van der Waals surface area (Å²) in [5.74, 6) is 0.630. The highest BCUT2D eigenvalue weighted by Gasteiger charge is 2.32. The summed E-state index contributed by atoms with van der Waals surface area (Å²) in [7, 11) is 3.26. The van der Waals surface area contributed by atoms with Crippen molar-refractivity contribution in [2.75, 3.05) is 23.9 Å². The Morgan fingerprint density at radius 1 is 0.938 bits per heavy atom. The van der Waals surface area contributed by atoms with E-state index in [4.69, 9.17) is 10.8 Å². The molecule has 5 aromatic rings. The molecule has 0 atom stereocenters. The Kier molecular flexibility index (Phi) is 13.2. The first-order chi connectivity index (χ1) is 22.4. The molecular weight excluding hydrogens is 892 g/mol. The van der Waals surface area contributed by atoms with Crippen molar-refractivity contribution in [3.8, 4) is 11.5 Å². The third-order valence-electron chi connectivity index (χ3n) is 6.10. The van der Waals surface area contributed by atoms with Gasteiger partial charge in [0.1, 0.15) is 17.0 Å². The fourth-order valence-corrected chi connectivity index (χ4v) is 5.98. The predicted octanol–water partition coefficient (Wildman–Crippen LogP) is 8.18. The molecule has 0 spiro atoms. The van der Waals surface area contributed by atoms with Crippen molar-refractivity contribution >= 4 is 85.6 Å². The molecule has 0 amide bonds. The quantitative estimate of drug-likeness (QED) is 0.0897. The Morgan fingerprint density at radius 3 is 2.06 bits per heavy atom. The lowest BCUT2D eigenvalue weighted by molar-refractivity contribution is -0.138. The van der Waals surface area contributed by atoms with Gasteiger partial charge in [-0.15, -0.1) is 11.8 Å². The van der Waals surface area contributed by atoms with Gasteiger partial charge in [-0.2, -0.15) is 26.3 Å². The molecule has 4 N–H and O–H groups in total. The van der Waals surface area contributed by atoms with Crippen molar-refractivity contribution in [3.63, 3.8) is 0 Å². The van der Waals surface area contributed by atoms with Crippen molar-refractivity contribution in [2.45, 2.75) is 31.1 Å². The summed E-state index contributed by atoms with van der Waals surface area (Å²) >= 11 is 5.88. The maximum Gasteiger partial charge on any atom is 0.417 e. The number of thioether (sulfide) groups is 1. The number of nitrogens with one attached hydrogen (secondary N) is 1. The molecule has 0 unspecified atom stereocenters. The highest BCUT2D eigenvalue weighted by Crippen LogP contribution is 2.34. The second-order valence-corrected chi connectivity index (χ2v) is 13.3. The molecule has 0 saturated heterocycles. The number of nitrogens with two attached hydrogens (primary N) is 1. The minimum Gasteiger partial charge on any atom is -0.477 e. The Labute approximate surface area is 301 Å². The van der Waals surface area contributed by atoms with Gasteiger partial charge in [-0.3, -0.25) is 4.98 Å². The molecule has 0 aliphatic heterocycles. The zero-order chi connectivity index (χ0) is 36.0. The van der Waals surface area contributed by atoms with Crippen molar-refractivity contribution in [2.24, 2.45) is 7.05 Å². The molecule has 0 fully saturated rings. The van der Waals surface area contributed by atoms with E-state index in [9.17, 15) is 31.1 Å². The van der Waals surface area contributed by atoms with Gasteiger partial charge in [-0.1, -0.05) is 6.92 Å². The Morgan fingerprint density at radius 2 is 1.52 bits per heavy atom. The van der Waals surface area contributed by atoms with Crippen molar-refractivity contribution in [1.29, 1.82) is 0 Å². The van der Waals surface area contributed by atoms with E-state index in [0.717, 1.165) is 42.3 Å². The number of carbonyl (C=O) groups is 1. The highest BCUT2D eigenvalue weighted by molar-refractivity contribution is 14.1. The number of halogens is 8. The first-order valence-electron chi connectivity index (χ1n) is 13.4. The summed E-state index contributed by atoms with van der Waals surface area (Å²) < 4.78 is 78.5. The zero-order valence-electron chi connectivity index (χ0n) is 25.4. The molecule has 5 aromatic heterocycles. The van der Waals surface area contributed by atoms with Crippen LogP contribution in [0.3, 0.4) is 0 Å². The number of pyridine rings is 4. The fourth-order valence-electron chi connectivity index (χ4n) is 3.91. The number of rotatable bonds is 5. The number of aryl methyl sites for hydroxylation is 2. The van der Waals surface area contributed by atoms with E-state index in [-0.39, 0.29) is 22.7 Å². The summed E-state index contributed by atoms with van der Waals surface area (Å²) in [6.07, 6.45) is -4.02. The number of alkyl halides is 6. The van der Waals surface area contributed by atoms with E-state index < -0.39 is 29.4 Å². The Balaban J connectivity index is 0.000000219. The summed E-state index contributed by atoms with van der Waals surface area (Å²) in [5.41, 5.74) is 5.71. The van der Waals surface area contributed by atoms with Crippen molar-refractivity contribution < 1.29 is 36.2 Å². The third-order valence-corrected chi connectivity index (χ3v) is 8.19. The van der Waals surface area contributed by atoms with Crippen LogP contribution < -0.4 is 11.1 Å². The average Bonchev–Trinajstić information content (AvgIpc) is 3.32.